The standard InChI is InChI=1S/C13H25NO3/c1-3-14(9-10-15)12(16)13(8-11-17-2)6-4-5-7-13/h15H,3-11H2,1-2H3. The molecule has 0 bridgehead atoms. The summed E-state index contributed by atoms with van der Waals surface area (Å²) in [6.45, 7) is 3.77. The predicted molar refractivity (Wildman–Crippen MR) is 66.7 cm³/mol. The van der Waals surface area contributed by atoms with Crippen LogP contribution in [-0.4, -0.2) is 49.3 Å². The van der Waals surface area contributed by atoms with Crippen molar-refractivity contribution < 1.29 is 14.6 Å². The third-order valence-corrected chi connectivity index (χ3v) is 3.84. The van der Waals surface area contributed by atoms with Crippen LogP contribution in [0.2, 0.25) is 0 Å². The molecule has 0 aliphatic heterocycles. The Morgan fingerprint density at radius 1 is 1.41 bits per heavy atom. The quantitative estimate of drug-likeness (QED) is 0.736. The van der Waals surface area contributed by atoms with E-state index in [0.717, 1.165) is 32.1 Å². The molecular formula is C13H25NO3. The lowest BCUT2D eigenvalue weighted by atomic mass is 9.81. The van der Waals surface area contributed by atoms with Crippen LogP contribution in [0, 0.1) is 5.41 Å². The number of hydrogen-bond acceptors (Lipinski definition) is 3. The van der Waals surface area contributed by atoms with Crippen LogP contribution in [0.3, 0.4) is 0 Å². The molecule has 0 aromatic rings. The average molecular weight is 243 g/mol. The first-order valence-corrected chi connectivity index (χ1v) is 6.59. The van der Waals surface area contributed by atoms with E-state index < -0.39 is 0 Å². The van der Waals surface area contributed by atoms with Gasteiger partial charge in [0.15, 0.2) is 0 Å². The van der Waals surface area contributed by atoms with E-state index in [4.69, 9.17) is 9.84 Å². The summed E-state index contributed by atoms with van der Waals surface area (Å²) in [5, 5.41) is 9.00. The fourth-order valence-corrected chi connectivity index (χ4v) is 2.78. The Morgan fingerprint density at radius 2 is 2.06 bits per heavy atom. The zero-order chi connectivity index (χ0) is 12.7. The maximum atomic E-state index is 12.6. The number of aliphatic hydroxyl groups excluding tert-OH is 1. The zero-order valence-corrected chi connectivity index (χ0v) is 11.1. The van der Waals surface area contributed by atoms with Gasteiger partial charge in [-0.05, 0) is 26.2 Å². The normalized spacial score (nSPS) is 18.3. The molecule has 0 unspecified atom stereocenters. The van der Waals surface area contributed by atoms with E-state index in [1.54, 1.807) is 12.0 Å². The molecule has 1 aliphatic rings. The van der Waals surface area contributed by atoms with Gasteiger partial charge in [0.1, 0.15) is 0 Å². The van der Waals surface area contributed by atoms with Crippen LogP contribution in [-0.2, 0) is 9.53 Å². The largest absolute Gasteiger partial charge is 0.395 e. The molecule has 0 aromatic heterocycles. The Labute approximate surface area is 104 Å². The van der Waals surface area contributed by atoms with Crippen molar-refractivity contribution in [1.29, 1.82) is 0 Å². The number of hydrogen-bond donors (Lipinski definition) is 1. The second kappa shape index (κ2) is 6.97. The molecule has 4 heteroatoms. The van der Waals surface area contributed by atoms with Crippen LogP contribution >= 0.6 is 0 Å². The predicted octanol–water partition coefficient (Wildman–Crippen LogP) is 1.42. The van der Waals surface area contributed by atoms with Crippen LogP contribution in [0.4, 0.5) is 0 Å². The highest BCUT2D eigenvalue weighted by molar-refractivity contribution is 5.83. The van der Waals surface area contributed by atoms with E-state index in [9.17, 15) is 4.79 Å². The van der Waals surface area contributed by atoms with Crippen LogP contribution < -0.4 is 0 Å². The molecule has 0 atom stereocenters. The third-order valence-electron chi connectivity index (χ3n) is 3.84. The van der Waals surface area contributed by atoms with Crippen molar-refractivity contribution in [3.63, 3.8) is 0 Å². The molecule has 1 saturated carbocycles. The molecule has 0 heterocycles. The summed E-state index contributed by atoms with van der Waals surface area (Å²) in [4.78, 5) is 14.3. The molecule has 1 amide bonds. The van der Waals surface area contributed by atoms with Gasteiger partial charge in [0.2, 0.25) is 5.91 Å². The Bertz CT molecular complexity index is 237. The van der Waals surface area contributed by atoms with Gasteiger partial charge in [-0.25, -0.2) is 0 Å². The van der Waals surface area contributed by atoms with Crippen LogP contribution in [0.5, 0.6) is 0 Å². The minimum Gasteiger partial charge on any atom is -0.395 e. The van der Waals surface area contributed by atoms with Crippen molar-refractivity contribution in [1.82, 2.24) is 4.90 Å². The molecule has 17 heavy (non-hydrogen) atoms. The number of ether oxygens (including phenoxy) is 1. The van der Waals surface area contributed by atoms with Crippen molar-refractivity contribution in [3.8, 4) is 0 Å². The Kier molecular flexibility index (Phi) is 5.92. The van der Waals surface area contributed by atoms with Gasteiger partial charge in [-0.3, -0.25) is 4.79 Å². The Balaban J connectivity index is 2.71. The molecule has 0 aromatic carbocycles. The zero-order valence-electron chi connectivity index (χ0n) is 11.1. The maximum absolute atomic E-state index is 12.6. The summed E-state index contributed by atoms with van der Waals surface area (Å²) >= 11 is 0. The molecule has 100 valence electrons. The van der Waals surface area contributed by atoms with Gasteiger partial charge in [0.05, 0.1) is 12.0 Å². The second-order valence-corrected chi connectivity index (χ2v) is 4.84. The number of carbonyl (C=O) groups is 1. The number of carbonyl (C=O) groups excluding carboxylic acids is 1. The van der Waals surface area contributed by atoms with Crippen molar-refractivity contribution in [2.45, 2.75) is 39.0 Å². The minimum absolute atomic E-state index is 0.0416. The first-order chi connectivity index (χ1) is 8.20. The fourth-order valence-electron chi connectivity index (χ4n) is 2.78. The lowest BCUT2D eigenvalue weighted by Gasteiger charge is -2.33. The van der Waals surface area contributed by atoms with E-state index in [0.29, 0.717) is 19.7 Å². The number of amides is 1. The van der Waals surface area contributed by atoms with Gasteiger partial charge in [-0.15, -0.1) is 0 Å². The molecule has 0 radical (unpaired) electrons. The summed E-state index contributed by atoms with van der Waals surface area (Å²) < 4.78 is 5.13. The SMILES string of the molecule is CCN(CCO)C(=O)C1(CCOC)CCCC1. The second-order valence-electron chi connectivity index (χ2n) is 4.84. The van der Waals surface area contributed by atoms with Gasteiger partial charge in [0.25, 0.3) is 0 Å². The number of likely N-dealkylation sites (N-methyl/N-ethyl adjacent to an activating group) is 1. The minimum atomic E-state index is -0.221. The number of rotatable bonds is 7. The van der Waals surface area contributed by atoms with Gasteiger partial charge in [-0.2, -0.15) is 0 Å². The summed E-state index contributed by atoms with van der Waals surface area (Å²) in [5.41, 5.74) is -0.221. The molecule has 1 N–H and O–H groups in total. The van der Waals surface area contributed by atoms with Crippen LogP contribution in [0.15, 0.2) is 0 Å². The number of nitrogens with zero attached hydrogens (tertiary/aromatic N) is 1. The molecule has 4 nitrogen and oxygen atoms in total. The average Bonchev–Trinajstić information content (AvgIpc) is 2.82. The monoisotopic (exact) mass is 243 g/mol. The molecule has 1 rings (SSSR count). The van der Waals surface area contributed by atoms with Crippen molar-refractivity contribution in [2.75, 3.05) is 33.4 Å². The van der Waals surface area contributed by atoms with E-state index in [2.05, 4.69) is 0 Å². The van der Waals surface area contributed by atoms with Crippen LogP contribution in [0.25, 0.3) is 0 Å². The van der Waals surface area contributed by atoms with Crippen molar-refractivity contribution >= 4 is 5.91 Å². The Morgan fingerprint density at radius 3 is 2.53 bits per heavy atom. The molecule has 0 spiro atoms. The molecule has 1 fully saturated rings. The number of methoxy groups -OCH3 is 1. The van der Waals surface area contributed by atoms with Gasteiger partial charge in [-0.1, -0.05) is 12.8 Å². The van der Waals surface area contributed by atoms with Crippen molar-refractivity contribution in [2.24, 2.45) is 5.41 Å². The maximum Gasteiger partial charge on any atom is 0.228 e. The van der Waals surface area contributed by atoms with E-state index in [1.807, 2.05) is 6.92 Å². The van der Waals surface area contributed by atoms with Gasteiger partial charge >= 0.3 is 0 Å². The first kappa shape index (κ1) is 14.5. The van der Waals surface area contributed by atoms with E-state index in [1.165, 1.54) is 0 Å². The summed E-state index contributed by atoms with van der Waals surface area (Å²) in [5.74, 6) is 0.212. The van der Waals surface area contributed by atoms with Gasteiger partial charge < -0.3 is 14.7 Å². The Hall–Kier alpha value is -0.610. The summed E-state index contributed by atoms with van der Waals surface area (Å²) in [6, 6.07) is 0. The fraction of sp³-hybridized carbons (Fsp3) is 0.923. The lowest BCUT2D eigenvalue weighted by Crippen LogP contribution is -2.44. The summed E-state index contributed by atoms with van der Waals surface area (Å²) in [6.07, 6.45) is 5.01. The topological polar surface area (TPSA) is 49.8 Å². The van der Waals surface area contributed by atoms with Crippen molar-refractivity contribution in [3.05, 3.63) is 0 Å². The van der Waals surface area contributed by atoms with Crippen LogP contribution in [0.1, 0.15) is 39.0 Å². The number of aliphatic hydroxyl groups is 1. The van der Waals surface area contributed by atoms with Gasteiger partial charge in [0, 0.05) is 26.8 Å². The van der Waals surface area contributed by atoms with E-state index in [-0.39, 0.29) is 17.9 Å². The molecular weight excluding hydrogens is 218 g/mol. The smallest absolute Gasteiger partial charge is 0.228 e. The summed E-state index contributed by atoms with van der Waals surface area (Å²) in [7, 11) is 1.68. The first-order valence-electron chi connectivity index (χ1n) is 6.59. The highest BCUT2D eigenvalue weighted by Gasteiger charge is 2.42. The molecule has 1 aliphatic carbocycles. The highest BCUT2D eigenvalue weighted by atomic mass is 16.5. The lowest BCUT2D eigenvalue weighted by molar-refractivity contribution is -0.143. The molecule has 0 saturated heterocycles. The van der Waals surface area contributed by atoms with E-state index >= 15 is 0 Å². The third kappa shape index (κ3) is 3.42. The highest BCUT2D eigenvalue weighted by Crippen LogP contribution is 2.42.